The summed E-state index contributed by atoms with van der Waals surface area (Å²) in [6, 6.07) is 17.4. The molecule has 3 fully saturated rings. The van der Waals surface area contributed by atoms with Crippen LogP contribution in [0.3, 0.4) is 0 Å². The molecule has 1 saturated carbocycles. The van der Waals surface area contributed by atoms with Crippen LogP contribution < -0.4 is 0 Å². The van der Waals surface area contributed by atoms with Crippen LogP contribution in [0.15, 0.2) is 48.5 Å². The van der Waals surface area contributed by atoms with E-state index >= 15 is 0 Å². The number of rotatable bonds is 4. The fourth-order valence-corrected chi connectivity index (χ4v) is 4.89. The van der Waals surface area contributed by atoms with Crippen LogP contribution in [0.25, 0.3) is 11.1 Å². The van der Waals surface area contributed by atoms with E-state index in [0.717, 1.165) is 29.5 Å². The van der Waals surface area contributed by atoms with Gasteiger partial charge in [-0.1, -0.05) is 36.4 Å². The number of fused-ring (bicyclic) bond motifs is 1. The number of piperazine rings is 1. The summed E-state index contributed by atoms with van der Waals surface area (Å²) in [5.74, 6) is 0.155. The molecule has 2 amide bonds. The predicted molar refractivity (Wildman–Crippen MR) is 110 cm³/mol. The van der Waals surface area contributed by atoms with Crippen molar-refractivity contribution in [3.63, 3.8) is 0 Å². The van der Waals surface area contributed by atoms with E-state index in [1.165, 1.54) is 0 Å². The molecule has 2 saturated heterocycles. The number of benzene rings is 2. The Bertz CT molecular complexity index is 1020. The second kappa shape index (κ2) is 7.26. The lowest BCUT2D eigenvalue weighted by atomic mass is 9.73. The highest BCUT2D eigenvalue weighted by molar-refractivity contribution is 5.89. The van der Waals surface area contributed by atoms with Gasteiger partial charge >= 0.3 is 0 Å². The van der Waals surface area contributed by atoms with E-state index in [1.54, 1.807) is 21.9 Å². The number of hydrogen-bond acceptors (Lipinski definition) is 4. The Balaban J connectivity index is 1.37. The van der Waals surface area contributed by atoms with Crippen molar-refractivity contribution in [1.29, 1.82) is 5.26 Å². The Hall–Kier alpha value is -3.17. The summed E-state index contributed by atoms with van der Waals surface area (Å²) in [6.45, 7) is 0.590. The molecule has 2 aliphatic heterocycles. The normalized spacial score (nSPS) is 25.3. The van der Waals surface area contributed by atoms with Gasteiger partial charge in [0, 0.05) is 18.4 Å². The van der Waals surface area contributed by atoms with Crippen LogP contribution in [-0.4, -0.2) is 58.5 Å². The minimum Gasteiger partial charge on any atom is -0.394 e. The molecule has 3 aliphatic rings. The zero-order valence-corrected chi connectivity index (χ0v) is 16.6. The number of amides is 2. The first kappa shape index (κ1) is 18.8. The van der Waals surface area contributed by atoms with E-state index in [0.29, 0.717) is 12.1 Å². The molecule has 0 spiro atoms. The number of carbonyl (C=O) groups is 2. The van der Waals surface area contributed by atoms with Crippen molar-refractivity contribution in [3.05, 3.63) is 59.7 Å². The zero-order valence-electron chi connectivity index (χ0n) is 16.6. The zero-order chi connectivity index (χ0) is 20.8. The summed E-state index contributed by atoms with van der Waals surface area (Å²) >= 11 is 0. The van der Waals surface area contributed by atoms with Gasteiger partial charge in [0.1, 0.15) is 0 Å². The smallest absolute Gasteiger partial charge is 0.242 e. The van der Waals surface area contributed by atoms with E-state index in [9.17, 15) is 14.7 Å². The maximum atomic E-state index is 12.6. The van der Waals surface area contributed by atoms with Crippen LogP contribution in [-0.2, 0) is 9.59 Å². The third kappa shape index (κ3) is 3.06. The van der Waals surface area contributed by atoms with Crippen LogP contribution in [0, 0.1) is 17.2 Å². The molecule has 0 bridgehead atoms. The number of nitrogens with zero attached hydrogens (tertiary/aromatic N) is 3. The highest BCUT2D eigenvalue weighted by Gasteiger charge is 2.55. The maximum Gasteiger partial charge on any atom is 0.242 e. The average molecular weight is 401 g/mol. The number of aliphatic hydroxyl groups is 1. The largest absolute Gasteiger partial charge is 0.394 e. The molecule has 3 atom stereocenters. The van der Waals surface area contributed by atoms with Gasteiger partial charge in [-0.25, -0.2) is 0 Å². The molecule has 5 rings (SSSR count). The van der Waals surface area contributed by atoms with E-state index in [1.807, 2.05) is 36.4 Å². The van der Waals surface area contributed by atoms with E-state index in [-0.39, 0.29) is 48.9 Å². The lowest BCUT2D eigenvalue weighted by Gasteiger charge is -2.58. The lowest BCUT2D eigenvalue weighted by Crippen LogP contribution is -2.73. The first-order valence-corrected chi connectivity index (χ1v) is 10.4. The van der Waals surface area contributed by atoms with Gasteiger partial charge in [0.2, 0.25) is 11.8 Å². The number of carbonyl (C=O) groups excluding carboxylic acids is 2. The molecule has 6 nitrogen and oxygen atoms in total. The quantitative estimate of drug-likeness (QED) is 0.851. The Labute approximate surface area is 175 Å². The van der Waals surface area contributed by atoms with Crippen LogP contribution in [0.4, 0.5) is 0 Å². The molecule has 1 N–H and O–H groups in total. The molecule has 6 heteroatoms. The molecule has 0 unspecified atom stereocenters. The van der Waals surface area contributed by atoms with Gasteiger partial charge in [0.05, 0.1) is 36.9 Å². The maximum absolute atomic E-state index is 12.6. The van der Waals surface area contributed by atoms with Gasteiger partial charge in [-0.05, 0) is 41.7 Å². The van der Waals surface area contributed by atoms with E-state index < -0.39 is 0 Å². The number of nitriles is 1. The van der Waals surface area contributed by atoms with Crippen molar-refractivity contribution in [2.24, 2.45) is 5.92 Å². The van der Waals surface area contributed by atoms with Gasteiger partial charge in [0.15, 0.2) is 0 Å². The third-order valence-electron chi connectivity index (χ3n) is 6.63. The van der Waals surface area contributed by atoms with Crippen molar-refractivity contribution in [2.45, 2.75) is 30.8 Å². The Morgan fingerprint density at radius 3 is 2.27 bits per heavy atom. The molecular formula is C24H23N3O3. The minimum atomic E-state index is -0.235. The Morgan fingerprint density at radius 2 is 1.70 bits per heavy atom. The van der Waals surface area contributed by atoms with Crippen LogP contribution in [0.5, 0.6) is 0 Å². The molecule has 0 radical (unpaired) electrons. The SMILES string of the molecule is N#Cc1ccc(-c2ccc([C@@H]3[C@@H](CO)N4C(=O)CN(C(=O)C5CC5)C[C@H]34)cc2)cc1. The topological polar surface area (TPSA) is 84.6 Å². The molecule has 152 valence electrons. The van der Waals surface area contributed by atoms with Crippen molar-refractivity contribution >= 4 is 11.8 Å². The number of hydrogen-bond donors (Lipinski definition) is 1. The second-order valence-electron chi connectivity index (χ2n) is 8.45. The van der Waals surface area contributed by atoms with Crippen molar-refractivity contribution in [2.75, 3.05) is 19.7 Å². The van der Waals surface area contributed by atoms with Gasteiger partial charge in [0.25, 0.3) is 0 Å². The van der Waals surface area contributed by atoms with Gasteiger partial charge in [-0.3, -0.25) is 9.59 Å². The molecule has 2 aromatic carbocycles. The molecule has 30 heavy (non-hydrogen) atoms. The first-order valence-electron chi connectivity index (χ1n) is 10.4. The van der Waals surface area contributed by atoms with Gasteiger partial charge in [-0.2, -0.15) is 5.26 Å². The van der Waals surface area contributed by atoms with Crippen molar-refractivity contribution < 1.29 is 14.7 Å². The molecular weight excluding hydrogens is 378 g/mol. The molecule has 0 aromatic heterocycles. The van der Waals surface area contributed by atoms with Gasteiger partial charge < -0.3 is 14.9 Å². The van der Waals surface area contributed by atoms with Crippen LogP contribution in [0.1, 0.15) is 29.9 Å². The average Bonchev–Trinajstić information content (AvgIpc) is 3.60. The fourth-order valence-electron chi connectivity index (χ4n) is 4.89. The van der Waals surface area contributed by atoms with E-state index in [4.69, 9.17) is 5.26 Å². The standard InChI is InChI=1S/C24H23N3O3/c25-11-15-1-3-16(4-2-15)17-5-7-18(8-6-17)23-20-12-26(24(30)19-9-10-19)13-22(29)27(20)21(23)14-28/h1-8,19-21,23,28H,9-10,12-14H2/t20-,21-,23+/m1/s1. The van der Waals surface area contributed by atoms with Crippen molar-refractivity contribution in [3.8, 4) is 17.2 Å². The Morgan fingerprint density at radius 1 is 1.07 bits per heavy atom. The summed E-state index contributed by atoms with van der Waals surface area (Å²) in [7, 11) is 0. The van der Waals surface area contributed by atoms with Crippen LogP contribution >= 0.6 is 0 Å². The fraction of sp³-hybridized carbons (Fsp3) is 0.375. The Kier molecular flexibility index (Phi) is 4.56. The van der Waals surface area contributed by atoms with E-state index in [2.05, 4.69) is 6.07 Å². The molecule has 2 heterocycles. The summed E-state index contributed by atoms with van der Waals surface area (Å²) < 4.78 is 0. The van der Waals surface area contributed by atoms with Gasteiger partial charge in [-0.15, -0.1) is 0 Å². The summed E-state index contributed by atoms with van der Waals surface area (Å²) in [5.41, 5.74) is 3.78. The predicted octanol–water partition coefficient (Wildman–Crippen LogP) is 2.13. The monoisotopic (exact) mass is 401 g/mol. The summed E-state index contributed by atoms with van der Waals surface area (Å²) in [4.78, 5) is 28.6. The molecule has 2 aromatic rings. The number of aliphatic hydroxyl groups excluding tert-OH is 1. The van der Waals surface area contributed by atoms with Crippen molar-refractivity contribution in [1.82, 2.24) is 9.80 Å². The molecule has 1 aliphatic carbocycles. The lowest BCUT2D eigenvalue weighted by molar-refractivity contribution is -0.167. The minimum absolute atomic E-state index is 0.0174. The summed E-state index contributed by atoms with van der Waals surface area (Å²) in [5, 5.41) is 18.9. The van der Waals surface area contributed by atoms with Crippen LogP contribution in [0.2, 0.25) is 0 Å². The second-order valence-corrected chi connectivity index (χ2v) is 8.45. The highest BCUT2D eigenvalue weighted by Crippen LogP contribution is 2.44. The summed E-state index contributed by atoms with van der Waals surface area (Å²) in [6.07, 6.45) is 1.86. The third-order valence-corrected chi connectivity index (χ3v) is 6.63. The highest BCUT2D eigenvalue weighted by atomic mass is 16.3. The first-order chi connectivity index (χ1) is 14.6.